The van der Waals surface area contributed by atoms with Crippen molar-refractivity contribution >= 4 is 5.91 Å². The predicted octanol–water partition coefficient (Wildman–Crippen LogP) is 0.319. The smallest absolute Gasteiger partial charge is 0.245 e. The molecule has 2 N–H and O–H groups in total. The standard InChI is InChI=1S/C10H13N2O/c11-6-7-12-10(13)8-9-4-2-1-3-5-9/h1-5H,6-8,11H2. The fraction of sp³-hybridized carbons (Fsp3) is 0.300. The van der Waals surface area contributed by atoms with Crippen LogP contribution >= 0.6 is 0 Å². The predicted molar refractivity (Wildman–Crippen MR) is 51.2 cm³/mol. The maximum atomic E-state index is 11.1. The molecule has 13 heavy (non-hydrogen) atoms. The van der Waals surface area contributed by atoms with E-state index in [0.717, 1.165) is 5.56 Å². The SMILES string of the molecule is NCC[N]C(=O)Cc1ccccc1. The molecule has 1 rings (SSSR count). The molecule has 0 heterocycles. The van der Waals surface area contributed by atoms with E-state index in [2.05, 4.69) is 5.32 Å². The highest BCUT2D eigenvalue weighted by molar-refractivity contribution is 5.78. The van der Waals surface area contributed by atoms with E-state index in [-0.39, 0.29) is 5.91 Å². The monoisotopic (exact) mass is 177 g/mol. The Morgan fingerprint density at radius 1 is 1.31 bits per heavy atom. The number of benzene rings is 1. The van der Waals surface area contributed by atoms with E-state index < -0.39 is 0 Å². The number of nitrogens with two attached hydrogens (primary N) is 1. The van der Waals surface area contributed by atoms with Gasteiger partial charge in [0, 0.05) is 6.54 Å². The summed E-state index contributed by atoms with van der Waals surface area (Å²) in [4.78, 5) is 11.1. The molecule has 1 aromatic carbocycles. The van der Waals surface area contributed by atoms with Gasteiger partial charge in [-0.25, -0.2) is 5.32 Å². The average molecular weight is 177 g/mol. The molecular weight excluding hydrogens is 164 g/mol. The lowest BCUT2D eigenvalue weighted by molar-refractivity contribution is -0.120. The summed E-state index contributed by atoms with van der Waals surface area (Å²) >= 11 is 0. The minimum Gasteiger partial charge on any atom is -0.329 e. The number of hydrogen-bond donors (Lipinski definition) is 1. The van der Waals surface area contributed by atoms with Crippen LogP contribution in [0.15, 0.2) is 30.3 Å². The van der Waals surface area contributed by atoms with Crippen molar-refractivity contribution in [1.29, 1.82) is 0 Å². The lowest BCUT2D eigenvalue weighted by Gasteiger charge is -1.99. The molecule has 0 bridgehead atoms. The van der Waals surface area contributed by atoms with Gasteiger partial charge in [-0.15, -0.1) is 0 Å². The molecule has 0 saturated carbocycles. The van der Waals surface area contributed by atoms with Crippen LogP contribution in [0.1, 0.15) is 5.56 Å². The first-order chi connectivity index (χ1) is 6.33. The number of hydrogen-bond acceptors (Lipinski definition) is 2. The number of carbonyl (C=O) groups is 1. The third kappa shape index (κ3) is 3.71. The van der Waals surface area contributed by atoms with Crippen LogP contribution in [0.5, 0.6) is 0 Å². The molecule has 0 aliphatic rings. The Hall–Kier alpha value is -1.35. The third-order valence-electron chi connectivity index (χ3n) is 1.62. The minimum atomic E-state index is -0.100. The zero-order valence-corrected chi connectivity index (χ0v) is 7.44. The largest absolute Gasteiger partial charge is 0.329 e. The van der Waals surface area contributed by atoms with Crippen molar-refractivity contribution in [3.05, 3.63) is 35.9 Å². The van der Waals surface area contributed by atoms with Crippen LogP contribution in [0.4, 0.5) is 0 Å². The van der Waals surface area contributed by atoms with Gasteiger partial charge >= 0.3 is 0 Å². The van der Waals surface area contributed by atoms with E-state index in [4.69, 9.17) is 5.73 Å². The molecule has 69 valence electrons. The maximum Gasteiger partial charge on any atom is 0.245 e. The summed E-state index contributed by atoms with van der Waals surface area (Å²) in [6.07, 6.45) is 0.376. The first-order valence-corrected chi connectivity index (χ1v) is 4.27. The number of rotatable bonds is 4. The topological polar surface area (TPSA) is 57.2 Å². The van der Waals surface area contributed by atoms with Gasteiger partial charge in [-0.3, -0.25) is 4.79 Å². The van der Waals surface area contributed by atoms with Gasteiger partial charge in [0.25, 0.3) is 0 Å². The highest BCUT2D eigenvalue weighted by Gasteiger charge is 2.02. The molecular formula is C10H13N2O. The van der Waals surface area contributed by atoms with Gasteiger partial charge in [-0.05, 0) is 5.56 Å². The first-order valence-electron chi connectivity index (χ1n) is 4.27. The molecule has 0 aromatic heterocycles. The van der Waals surface area contributed by atoms with Gasteiger partial charge in [-0.1, -0.05) is 30.3 Å². The quantitative estimate of drug-likeness (QED) is 0.720. The summed E-state index contributed by atoms with van der Waals surface area (Å²) < 4.78 is 0. The molecule has 0 aliphatic carbocycles. The Morgan fingerprint density at radius 2 is 2.00 bits per heavy atom. The van der Waals surface area contributed by atoms with Crippen molar-refractivity contribution in [2.45, 2.75) is 6.42 Å². The molecule has 3 nitrogen and oxygen atoms in total. The lowest BCUT2D eigenvalue weighted by Crippen LogP contribution is -2.23. The van der Waals surface area contributed by atoms with E-state index >= 15 is 0 Å². The van der Waals surface area contributed by atoms with Gasteiger partial charge in [0.15, 0.2) is 0 Å². The summed E-state index contributed by atoms with van der Waals surface area (Å²) in [6, 6.07) is 9.56. The van der Waals surface area contributed by atoms with Gasteiger partial charge in [0.1, 0.15) is 0 Å². The number of amides is 1. The second kappa shape index (κ2) is 5.32. The van der Waals surface area contributed by atoms with E-state index in [9.17, 15) is 4.79 Å². The molecule has 1 aromatic rings. The second-order valence-electron chi connectivity index (χ2n) is 2.73. The van der Waals surface area contributed by atoms with Crippen molar-refractivity contribution in [2.75, 3.05) is 13.1 Å². The van der Waals surface area contributed by atoms with Crippen LogP contribution in [0.25, 0.3) is 0 Å². The van der Waals surface area contributed by atoms with E-state index in [0.29, 0.717) is 19.5 Å². The molecule has 0 saturated heterocycles. The van der Waals surface area contributed by atoms with Crippen LogP contribution in [-0.2, 0) is 11.2 Å². The zero-order valence-electron chi connectivity index (χ0n) is 7.44. The van der Waals surface area contributed by atoms with Crippen molar-refractivity contribution in [3.8, 4) is 0 Å². The van der Waals surface area contributed by atoms with Gasteiger partial charge in [0.05, 0.1) is 13.0 Å². The summed E-state index contributed by atoms with van der Waals surface area (Å²) in [6.45, 7) is 0.853. The van der Waals surface area contributed by atoms with E-state index in [1.165, 1.54) is 0 Å². The van der Waals surface area contributed by atoms with Crippen molar-refractivity contribution in [1.82, 2.24) is 5.32 Å². The Balaban J connectivity index is 2.37. The normalized spacial score (nSPS) is 9.62. The molecule has 0 fully saturated rings. The molecule has 0 unspecified atom stereocenters. The fourth-order valence-corrected chi connectivity index (χ4v) is 1.02. The highest BCUT2D eigenvalue weighted by atomic mass is 16.1. The zero-order chi connectivity index (χ0) is 9.52. The summed E-state index contributed by atoms with van der Waals surface area (Å²) in [5.41, 5.74) is 6.22. The van der Waals surface area contributed by atoms with Gasteiger partial charge in [0.2, 0.25) is 5.91 Å². The fourth-order valence-electron chi connectivity index (χ4n) is 1.02. The summed E-state index contributed by atoms with van der Waals surface area (Å²) in [5.74, 6) is -0.100. The third-order valence-corrected chi connectivity index (χ3v) is 1.62. The number of carbonyl (C=O) groups excluding carboxylic acids is 1. The Bertz CT molecular complexity index is 259. The van der Waals surface area contributed by atoms with E-state index in [1.807, 2.05) is 30.3 Å². The van der Waals surface area contributed by atoms with Crippen LogP contribution in [0.2, 0.25) is 0 Å². The van der Waals surface area contributed by atoms with Crippen LogP contribution in [0.3, 0.4) is 0 Å². The molecule has 0 aliphatic heterocycles. The molecule has 0 spiro atoms. The van der Waals surface area contributed by atoms with Gasteiger partial charge in [-0.2, -0.15) is 0 Å². The van der Waals surface area contributed by atoms with Crippen molar-refractivity contribution in [3.63, 3.8) is 0 Å². The Labute approximate surface area is 77.9 Å². The van der Waals surface area contributed by atoms with Crippen molar-refractivity contribution in [2.24, 2.45) is 5.73 Å². The summed E-state index contributed by atoms with van der Waals surface area (Å²) in [7, 11) is 0. The average Bonchev–Trinajstić information content (AvgIpc) is 2.16. The Kier molecular flexibility index (Phi) is 3.99. The molecule has 1 amide bonds. The molecule has 3 heteroatoms. The van der Waals surface area contributed by atoms with Crippen LogP contribution < -0.4 is 11.1 Å². The Morgan fingerprint density at radius 3 is 2.62 bits per heavy atom. The number of nitrogens with zero attached hydrogens (tertiary/aromatic N) is 1. The lowest BCUT2D eigenvalue weighted by atomic mass is 10.1. The van der Waals surface area contributed by atoms with Crippen LogP contribution in [-0.4, -0.2) is 19.0 Å². The first kappa shape index (κ1) is 9.74. The van der Waals surface area contributed by atoms with E-state index in [1.54, 1.807) is 0 Å². The molecule has 1 radical (unpaired) electrons. The van der Waals surface area contributed by atoms with Gasteiger partial charge < -0.3 is 5.73 Å². The van der Waals surface area contributed by atoms with Crippen LogP contribution in [0, 0.1) is 0 Å². The van der Waals surface area contributed by atoms with Crippen molar-refractivity contribution < 1.29 is 4.79 Å². The highest BCUT2D eigenvalue weighted by Crippen LogP contribution is 1.98. The molecule has 0 atom stereocenters. The summed E-state index contributed by atoms with van der Waals surface area (Å²) in [5, 5.41) is 3.77. The maximum absolute atomic E-state index is 11.1. The minimum absolute atomic E-state index is 0.100. The second-order valence-corrected chi connectivity index (χ2v) is 2.73.